The van der Waals surface area contributed by atoms with Gasteiger partial charge in [0.25, 0.3) is 10.0 Å². The lowest BCUT2D eigenvalue weighted by Crippen LogP contribution is -2.22. The SMILES string of the molecule is O=S(=O)(NCc1cscn1)c1ccc(CO)o1. The van der Waals surface area contributed by atoms with Crippen molar-refractivity contribution < 1.29 is 17.9 Å². The number of hydrogen-bond donors (Lipinski definition) is 2. The van der Waals surface area contributed by atoms with Gasteiger partial charge in [0, 0.05) is 5.38 Å². The van der Waals surface area contributed by atoms with Crippen molar-refractivity contribution in [2.24, 2.45) is 0 Å². The molecule has 17 heavy (non-hydrogen) atoms. The van der Waals surface area contributed by atoms with E-state index in [0.717, 1.165) is 0 Å². The monoisotopic (exact) mass is 274 g/mol. The Balaban J connectivity index is 2.08. The molecule has 0 amide bonds. The number of nitrogens with zero attached hydrogens (tertiary/aromatic N) is 1. The normalized spacial score (nSPS) is 11.8. The largest absolute Gasteiger partial charge is 0.446 e. The van der Waals surface area contributed by atoms with E-state index in [1.807, 2.05) is 0 Å². The Labute approximate surface area is 102 Å². The van der Waals surface area contributed by atoms with Crippen molar-refractivity contribution in [3.63, 3.8) is 0 Å². The summed E-state index contributed by atoms with van der Waals surface area (Å²) in [6.07, 6.45) is 0. The Morgan fingerprint density at radius 2 is 2.29 bits per heavy atom. The van der Waals surface area contributed by atoms with Gasteiger partial charge in [-0.15, -0.1) is 11.3 Å². The summed E-state index contributed by atoms with van der Waals surface area (Å²) in [7, 11) is -3.69. The van der Waals surface area contributed by atoms with E-state index >= 15 is 0 Å². The van der Waals surface area contributed by atoms with Crippen LogP contribution in [0.4, 0.5) is 0 Å². The third kappa shape index (κ3) is 2.91. The van der Waals surface area contributed by atoms with Crippen molar-refractivity contribution in [2.75, 3.05) is 0 Å². The Bertz CT molecular complexity index is 574. The first kappa shape index (κ1) is 12.2. The molecule has 2 aromatic heterocycles. The number of hydrogen-bond acceptors (Lipinski definition) is 6. The van der Waals surface area contributed by atoms with Crippen LogP contribution in [0.1, 0.15) is 11.5 Å². The molecule has 0 fully saturated rings. The minimum atomic E-state index is -3.69. The topological polar surface area (TPSA) is 92.4 Å². The van der Waals surface area contributed by atoms with Crippen LogP contribution in [0.5, 0.6) is 0 Å². The van der Waals surface area contributed by atoms with Crippen LogP contribution in [0.25, 0.3) is 0 Å². The summed E-state index contributed by atoms with van der Waals surface area (Å²) in [6.45, 7) is -0.220. The fourth-order valence-corrected chi connectivity index (χ4v) is 2.66. The lowest BCUT2D eigenvalue weighted by Gasteiger charge is -2.01. The predicted octanol–water partition coefficient (Wildman–Crippen LogP) is 0.707. The zero-order valence-corrected chi connectivity index (χ0v) is 10.3. The maximum Gasteiger partial charge on any atom is 0.274 e. The van der Waals surface area contributed by atoms with Gasteiger partial charge in [-0.3, -0.25) is 0 Å². The molecule has 2 rings (SSSR count). The highest BCUT2D eigenvalue weighted by Crippen LogP contribution is 2.14. The van der Waals surface area contributed by atoms with Crippen LogP contribution < -0.4 is 4.72 Å². The van der Waals surface area contributed by atoms with Gasteiger partial charge in [-0.2, -0.15) is 0 Å². The van der Waals surface area contributed by atoms with Crippen molar-refractivity contribution in [3.05, 3.63) is 34.5 Å². The first-order chi connectivity index (χ1) is 8.12. The molecule has 0 aliphatic heterocycles. The fourth-order valence-electron chi connectivity index (χ4n) is 1.15. The van der Waals surface area contributed by atoms with E-state index in [1.54, 1.807) is 10.9 Å². The molecule has 2 heterocycles. The maximum atomic E-state index is 11.7. The standard InChI is InChI=1S/C9H10N2O4S2/c12-4-8-1-2-9(15-8)17(13,14)11-3-7-5-16-6-10-7/h1-2,5-6,11-12H,3-4H2. The summed E-state index contributed by atoms with van der Waals surface area (Å²) >= 11 is 1.39. The zero-order chi connectivity index (χ0) is 12.3. The molecule has 6 nitrogen and oxygen atoms in total. The average molecular weight is 274 g/mol. The highest BCUT2D eigenvalue weighted by Gasteiger charge is 2.18. The summed E-state index contributed by atoms with van der Waals surface area (Å²) in [5, 5.41) is 10.3. The van der Waals surface area contributed by atoms with Crippen LogP contribution in [-0.4, -0.2) is 18.5 Å². The van der Waals surface area contributed by atoms with Gasteiger partial charge in [-0.05, 0) is 12.1 Å². The molecule has 0 aliphatic carbocycles. The van der Waals surface area contributed by atoms with Crippen molar-refractivity contribution in [3.8, 4) is 0 Å². The van der Waals surface area contributed by atoms with Crippen LogP contribution >= 0.6 is 11.3 Å². The molecule has 0 aliphatic rings. The quantitative estimate of drug-likeness (QED) is 0.837. The summed E-state index contributed by atoms with van der Waals surface area (Å²) in [4.78, 5) is 3.96. The van der Waals surface area contributed by atoms with Crippen molar-refractivity contribution in [1.29, 1.82) is 0 Å². The van der Waals surface area contributed by atoms with Gasteiger partial charge in [0.2, 0.25) is 5.09 Å². The molecule has 92 valence electrons. The summed E-state index contributed by atoms with van der Waals surface area (Å²) < 4.78 is 30.8. The van der Waals surface area contributed by atoms with E-state index < -0.39 is 10.0 Å². The van der Waals surface area contributed by atoms with Crippen LogP contribution in [0.15, 0.2) is 32.5 Å². The molecule has 0 radical (unpaired) electrons. The van der Waals surface area contributed by atoms with Crippen LogP contribution in [0, 0.1) is 0 Å². The number of aliphatic hydroxyl groups is 1. The summed E-state index contributed by atoms with van der Waals surface area (Å²) in [5.41, 5.74) is 2.27. The van der Waals surface area contributed by atoms with Gasteiger partial charge in [-0.25, -0.2) is 18.1 Å². The van der Waals surface area contributed by atoms with E-state index in [0.29, 0.717) is 5.69 Å². The van der Waals surface area contributed by atoms with Gasteiger partial charge in [0.1, 0.15) is 12.4 Å². The first-order valence-electron chi connectivity index (χ1n) is 4.68. The zero-order valence-electron chi connectivity index (χ0n) is 8.66. The second-order valence-corrected chi connectivity index (χ2v) is 5.60. The van der Waals surface area contributed by atoms with Gasteiger partial charge in [0.05, 0.1) is 17.7 Å². The number of furan rings is 1. The minimum Gasteiger partial charge on any atom is -0.446 e. The minimum absolute atomic E-state index is 0.112. The number of sulfonamides is 1. The molecule has 0 atom stereocenters. The summed E-state index contributed by atoms with van der Waals surface area (Å²) in [5.74, 6) is 0.207. The van der Waals surface area contributed by atoms with Crippen molar-refractivity contribution in [2.45, 2.75) is 18.2 Å². The van der Waals surface area contributed by atoms with Crippen molar-refractivity contribution in [1.82, 2.24) is 9.71 Å². The third-order valence-corrected chi connectivity index (χ3v) is 3.89. The Hall–Kier alpha value is -1.22. The fraction of sp³-hybridized carbons (Fsp3) is 0.222. The second-order valence-electron chi connectivity index (χ2n) is 3.18. The van der Waals surface area contributed by atoms with E-state index in [1.165, 1.54) is 23.5 Å². The molecule has 2 aromatic rings. The van der Waals surface area contributed by atoms with E-state index in [-0.39, 0.29) is 24.0 Å². The Morgan fingerprint density at radius 3 is 2.88 bits per heavy atom. The van der Waals surface area contributed by atoms with Crippen LogP contribution in [0.3, 0.4) is 0 Å². The average Bonchev–Trinajstić information content (AvgIpc) is 2.98. The third-order valence-electron chi connectivity index (χ3n) is 1.98. The van der Waals surface area contributed by atoms with E-state index in [9.17, 15) is 8.42 Å². The van der Waals surface area contributed by atoms with Crippen LogP contribution in [0.2, 0.25) is 0 Å². The van der Waals surface area contributed by atoms with Crippen LogP contribution in [-0.2, 0) is 23.2 Å². The predicted molar refractivity (Wildman–Crippen MR) is 60.8 cm³/mol. The molecular formula is C9H10N2O4S2. The highest BCUT2D eigenvalue weighted by atomic mass is 32.2. The van der Waals surface area contributed by atoms with Gasteiger partial charge < -0.3 is 9.52 Å². The molecule has 0 bridgehead atoms. The second kappa shape index (κ2) is 4.96. The number of thiazole rings is 1. The van der Waals surface area contributed by atoms with E-state index in [2.05, 4.69) is 9.71 Å². The molecule has 0 saturated carbocycles. The number of aliphatic hydroxyl groups excluding tert-OH is 1. The maximum absolute atomic E-state index is 11.7. The lowest BCUT2D eigenvalue weighted by molar-refractivity contribution is 0.236. The molecule has 8 heteroatoms. The first-order valence-corrected chi connectivity index (χ1v) is 7.11. The molecule has 0 spiro atoms. The highest BCUT2D eigenvalue weighted by molar-refractivity contribution is 7.89. The molecular weight excluding hydrogens is 264 g/mol. The lowest BCUT2D eigenvalue weighted by atomic mass is 10.5. The Kier molecular flexibility index (Phi) is 3.57. The van der Waals surface area contributed by atoms with E-state index in [4.69, 9.17) is 9.52 Å². The number of nitrogens with one attached hydrogen (secondary N) is 1. The molecule has 0 unspecified atom stereocenters. The Morgan fingerprint density at radius 1 is 1.47 bits per heavy atom. The van der Waals surface area contributed by atoms with Crippen molar-refractivity contribution >= 4 is 21.4 Å². The number of aromatic nitrogens is 1. The smallest absolute Gasteiger partial charge is 0.274 e. The summed E-state index contributed by atoms with van der Waals surface area (Å²) in [6, 6.07) is 2.71. The molecule has 2 N–H and O–H groups in total. The van der Waals surface area contributed by atoms with Gasteiger partial charge in [-0.1, -0.05) is 0 Å². The van der Waals surface area contributed by atoms with Gasteiger partial charge in [0.15, 0.2) is 0 Å². The number of rotatable bonds is 5. The molecule has 0 saturated heterocycles. The van der Waals surface area contributed by atoms with Gasteiger partial charge >= 0.3 is 0 Å². The molecule has 0 aromatic carbocycles.